The number of fused-ring (bicyclic) bond motifs is 7. The number of aryl methyl sites for hydroxylation is 7. The van der Waals surface area contributed by atoms with Crippen molar-refractivity contribution in [2.75, 3.05) is 52.7 Å². The molecule has 526 valence electrons. The van der Waals surface area contributed by atoms with Crippen LogP contribution in [0.25, 0.3) is 79.7 Å². The first kappa shape index (κ1) is 63.1. The standard InChI is InChI=1S/2C21H23N6.C20H27N6.C17H21N6/c1-15-23(2)16-8-5-6-9-18(16)27(15)20-11-7-10-17(24(20)3)19-14-26-13-12-22-21(26)25(19)4;1-15-23(2)12-13-26(15)20-11-7-10-18(24(20)3)19-14-27-17-9-6-5-8-16(17)22-21(27)25(19)4;1-13-14(2)26-15(3)19(24(7)20(26)21-13)17-9-8-10-18(23(17)6)25-12-11-22(5)16(25)4;1-13-19(2)10-11-23(13)16-7-5-6-14(20(16)3)15-12-22-9-8-18-17(22)21(15)4/h2*5-15H,1-4H3;8-12,16H,1-7H3;5-13H,1-4H3/q4*+1/t2*15-;16-;13-/m0000/s1/i;;1D3;. The van der Waals surface area contributed by atoms with Crippen LogP contribution in [0.5, 0.6) is 0 Å². The predicted octanol–water partition coefficient (Wildman–Crippen LogP) is 10.4. The topological polar surface area (TPSA) is 130 Å². The lowest BCUT2D eigenvalue weighted by Crippen LogP contribution is -2.44. The number of imidazole rings is 8. The summed E-state index contributed by atoms with van der Waals surface area (Å²) < 4.78 is 48.8. The number of hydrogen-bond acceptors (Lipinski definition) is 12. The van der Waals surface area contributed by atoms with Gasteiger partial charge in [0.2, 0.25) is 23.1 Å². The highest BCUT2D eigenvalue weighted by Gasteiger charge is 2.40. The summed E-state index contributed by atoms with van der Waals surface area (Å²) in [5.41, 5.74) is 15.4. The monoisotopic (exact) mass is 1380 g/mol. The fourth-order valence-corrected chi connectivity index (χ4v) is 15.2. The van der Waals surface area contributed by atoms with Crippen LogP contribution >= 0.6 is 0 Å². The largest absolute Gasteiger partial charge is 0.339 e. The Morgan fingerprint density at radius 2 is 0.845 bits per heavy atom. The van der Waals surface area contributed by atoms with Crippen molar-refractivity contribution in [2.24, 2.45) is 56.4 Å². The lowest BCUT2D eigenvalue weighted by Gasteiger charge is -2.22. The zero-order valence-corrected chi connectivity index (χ0v) is 62.1. The van der Waals surface area contributed by atoms with Crippen molar-refractivity contribution in [1.82, 2.24) is 70.5 Å². The van der Waals surface area contributed by atoms with Gasteiger partial charge in [-0.1, -0.05) is 24.3 Å². The summed E-state index contributed by atoms with van der Waals surface area (Å²) in [6.45, 7) is 10.4. The summed E-state index contributed by atoms with van der Waals surface area (Å²) in [5, 5.41) is 0. The van der Waals surface area contributed by atoms with Crippen molar-refractivity contribution in [1.29, 1.82) is 0 Å². The molecule has 16 heterocycles. The maximum Gasteiger partial charge on any atom is 0.283 e. The number of nitrogens with zero attached hydrogens (tertiary/aromatic N) is 24. The van der Waals surface area contributed by atoms with E-state index < -0.39 is 6.85 Å². The molecule has 24 heteroatoms. The third-order valence-electron chi connectivity index (χ3n) is 21.7. The van der Waals surface area contributed by atoms with E-state index in [1.54, 1.807) is 0 Å². The summed E-state index contributed by atoms with van der Waals surface area (Å²) in [5.74, 6) is 8.03. The van der Waals surface area contributed by atoms with E-state index in [9.17, 15) is 0 Å². The van der Waals surface area contributed by atoms with Crippen LogP contribution in [-0.2, 0) is 56.4 Å². The van der Waals surface area contributed by atoms with Crippen molar-refractivity contribution < 1.29 is 22.4 Å². The van der Waals surface area contributed by atoms with Crippen molar-refractivity contribution in [2.45, 2.75) is 73.1 Å². The molecule has 4 aliphatic heterocycles. The first-order valence-corrected chi connectivity index (χ1v) is 34.8. The Balaban J connectivity index is 0.000000114. The third-order valence-corrected chi connectivity index (χ3v) is 21.7. The molecule has 0 spiro atoms. The Kier molecular flexibility index (Phi) is 15.8. The van der Waals surface area contributed by atoms with Crippen LogP contribution in [0.3, 0.4) is 0 Å². The van der Waals surface area contributed by atoms with Crippen LogP contribution in [0.4, 0.5) is 34.6 Å². The molecule has 0 radical (unpaired) electrons. The number of para-hydroxylation sites is 4. The van der Waals surface area contributed by atoms with Gasteiger partial charge in [-0.15, -0.1) is 0 Å². The molecule has 14 aromatic rings. The average molecular weight is 1380 g/mol. The van der Waals surface area contributed by atoms with Gasteiger partial charge in [-0.3, -0.25) is 17.6 Å². The Hall–Kier alpha value is -12.1. The molecule has 0 amide bonds. The molecule has 24 nitrogen and oxygen atoms in total. The average Bonchev–Trinajstić information content (AvgIpc) is 1.60. The van der Waals surface area contributed by atoms with Crippen LogP contribution in [-0.4, -0.2) is 123 Å². The number of hydrogen-bond donors (Lipinski definition) is 0. The third kappa shape index (κ3) is 10.9. The molecule has 12 aromatic heterocycles. The molecule has 0 unspecified atom stereocenters. The highest BCUT2D eigenvalue weighted by molar-refractivity contribution is 5.83. The fourth-order valence-electron chi connectivity index (χ4n) is 15.2. The van der Waals surface area contributed by atoms with Gasteiger partial charge in [0.05, 0.1) is 56.3 Å². The normalized spacial score (nSPS) is 17.6. The van der Waals surface area contributed by atoms with Crippen LogP contribution in [0.15, 0.2) is 202 Å². The molecule has 0 saturated carbocycles. The second-order valence-electron chi connectivity index (χ2n) is 27.4. The number of rotatable bonds is 8. The Morgan fingerprint density at radius 1 is 0.408 bits per heavy atom. The molecule has 0 bridgehead atoms. The number of benzene rings is 2. The zero-order chi connectivity index (χ0) is 74.8. The Morgan fingerprint density at radius 3 is 1.32 bits per heavy atom. The minimum atomic E-state index is -2.22. The van der Waals surface area contributed by atoms with Crippen LogP contribution in [0.2, 0.25) is 0 Å². The highest BCUT2D eigenvalue weighted by Crippen LogP contribution is 2.42. The maximum absolute atomic E-state index is 7.76. The van der Waals surface area contributed by atoms with E-state index in [1.807, 2.05) is 65.1 Å². The van der Waals surface area contributed by atoms with E-state index in [0.29, 0.717) is 23.8 Å². The van der Waals surface area contributed by atoms with Crippen molar-refractivity contribution >= 4 is 68.8 Å². The molecular weight excluding hydrogens is 1290 g/mol. The van der Waals surface area contributed by atoms with Crippen LogP contribution in [0, 0.1) is 20.7 Å². The van der Waals surface area contributed by atoms with Gasteiger partial charge >= 0.3 is 0 Å². The van der Waals surface area contributed by atoms with Crippen molar-refractivity contribution in [3.63, 3.8) is 0 Å². The summed E-state index contributed by atoms with van der Waals surface area (Å²) >= 11 is 0. The van der Waals surface area contributed by atoms with Crippen LogP contribution < -0.4 is 42.8 Å². The molecular formula is C79H94N24+4. The number of pyridine rings is 4. The van der Waals surface area contributed by atoms with Crippen LogP contribution in [0.1, 0.15) is 48.9 Å². The fraction of sp³-hybridized carbons (Fsp3) is 0.291. The first-order valence-electron chi connectivity index (χ1n) is 36.3. The highest BCUT2D eigenvalue weighted by atomic mass is 15.4. The molecule has 2 aromatic carbocycles. The second-order valence-corrected chi connectivity index (χ2v) is 27.4. The Labute approximate surface area is 605 Å². The summed E-state index contributed by atoms with van der Waals surface area (Å²) in [4.78, 5) is 36.2. The van der Waals surface area contributed by atoms with Gasteiger partial charge < -0.3 is 37.9 Å². The Bertz CT molecular complexity index is 5800. The molecule has 0 saturated heterocycles. The molecule has 4 atom stereocenters. The molecule has 4 aliphatic rings. The van der Waals surface area contributed by atoms with E-state index >= 15 is 0 Å². The van der Waals surface area contributed by atoms with Gasteiger partial charge in [0.15, 0.2) is 53.1 Å². The van der Waals surface area contributed by atoms with Gasteiger partial charge in [-0.25, -0.2) is 57.8 Å². The van der Waals surface area contributed by atoms with Crippen molar-refractivity contribution in [3.8, 4) is 45.6 Å². The van der Waals surface area contributed by atoms with E-state index in [0.717, 1.165) is 103 Å². The molecule has 0 N–H and O–H groups in total. The SMILES string of the molecule is C[C@H]1N(C)C=CN1c1cccc(-c2cn3c4ccccc4nc3n2C)[n+]1C.C[C@H]1N(C)C=CN1c1cccc(-c2cn3ccnc3n2C)[n+]1C.C[C@H]1N(C)c2ccccc2N1c1cccc(-c2cn3ccnc3n2C)[n+]1C.[2H]C([2H])([2H])c1nc2n(C)c(-c3cccc(N4C=CN(C)[C@@H]4C)[n+]3C)c(C)n2c1C. The predicted molar refractivity (Wildman–Crippen MR) is 408 cm³/mol. The van der Waals surface area contributed by atoms with E-state index in [1.165, 1.54) is 11.4 Å². The zero-order valence-electron chi connectivity index (χ0n) is 65.1. The minimum Gasteiger partial charge on any atom is -0.339 e. The lowest BCUT2D eigenvalue weighted by atomic mass is 10.2. The first-order chi connectivity index (χ1) is 50.7. The van der Waals surface area contributed by atoms with Crippen molar-refractivity contribution in [3.05, 3.63) is 219 Å². The molecule has 18 rings (SSSR count). The summed E-state index contributed by atoms with van der Waals surface area (Å²) in [6.07, 6.45) is 27.7. The molecule has 103 heavy (non-hydrogen) atoms. The molecule has 0 aliphatic carbocycles. The lowest BCUT2D eigenvalue weighted by molar-refractivity contribution is -0.648. The molecule has 0 fully saturated rings. The van der Waals surface area contributed by atoms with Gasteiger partial charge in [0, 0.05) is 152 Å². The maximum atomic E-state index is 7.76. The quantitative estimate of drug-likeness (QED) is 0.134. The van der Waals surface area contributed by atoms with E-state index in [4.69, 9.17) is 9.10 Å². The van der Waals surface area contributed by atoms with Gasteiger partial charge in [0.25, 0.3) is 23.3 Å². The van der Waals surface area contributed by atoms with E-state index in [-0.39, 0.29) is 18.0 Å². The number of aromatic nitrogens is 16. The van der Waals surface area contributed by atoms with Gasteiger partial charge in [0.1, 0.15) is 41.4 Å². The van der Waals surface area contributed by atoms with Gasteiger partial charge in [-0.05, 0) is 121 Å². The summed E-state index contributed by atoms with van der Waals surface area (Å²) in [6, 6.07) is 42.4. The van der Waals surface area contributed by atoms with Gasteiger partial charge in [-0.2, -0.15) is 0 Å². The number of anilines is 6. The van der Waals surface area contributed by atoms with E-state index in [2.05, 4.69) is 371 Å². The smallest absolute Gasteiger partial charge is 0.283 e. The second kappa shape index (κ2) is 25.8. The minimum absolute atomic E-state index is 0.162. The summed E-state index contributed by atoms with van der Waals surface area (Å²) in [7, 11) is 25.0.